The van der Waals surface area contributed by atoms with Crippen molar-refractivity contribution in [1.29, 1.82) is 0 Å². The van der Waals surface area contributed by atoms with E-state index < -0.39 is 0 Å². The maximum atomic E-state index is 12.6. The molecule has 0 heterocycles. The molecule has 0 aromatic heterocycles. The largest absolute Gasteiger partial charge is 0.493 e. The number of ether oxygens (including phenoxy) is 3. The molecule has 2 aromatic carbocycles. The lowest BCUT2D eigenvalue weighted by molar-refractivity contribution is 0.102. The normalized spacial score (nSPS) is 10.3. The van der Waals surface area contributed by atoms with Crippen LogP contribution in [0.2, 0.25) is 0 Å². The van der Waals surface area contributed by atoms with E-state index in [-0.39, 0.29) is 5.91 Å². The summed E-state index contributed by atoms with van der Waals surface area (Å²) in [6.45, 7) is 0.430. The molecule has 0 aliphatic heterocycles. The van der Waals surface area contributed by atoms with E-state index >= 15 is 0 Å². The summed E-state index contributed by atoms with van der Waals surface area (Å²) in [6, 6.07) is 11.0. The number of hydrogen-bond acceptors (Lipinski definition) is 4. The van der Waals surface area contributed by atoms with Gasteiger partial charge in [0.2, 0.25) is 0 Å². The Morgan fingerprint density at radius 2 is 1.74 bits per heavy atom. The molecule has 0 atom stereocenters. The van der Waals surface area contributed by atoms with E-state index in [0.29, 0.717) is 23.7 Å². The maximum absolute atomic E-state index is 12.6. The van der Waals surface area contributed by atoms with Crippen LogP contribution in [0, 0.1) is 3.57 Å². The predicted molar refractivity (Wildman–Crippen MR) is 97.4 cm³/mol. The molecule has 0 spiro atoms. The number of rotatable bonds is 6. The highest BCUT2D eigenvalue weighted by Gasteiger charge is 2.16. The van der Waals surface area contributed by atoms with Crippen molar-refractivity contribution in [2.24, 2.45) is 0 Å². The minimum atomic E-state index is -0.209. The maximum Gasteiger partial charge on any atom is 0.256 e. The lowest BCUT2D eigenvalue weighted by atomic mass is 10.1. The summed E-state index contributed by atoms with van der Waals surface area (Å²) < 4.78 is 16.4. The van der Waals surface area contributed by atoms with Crippen LogP contribution in [-0.4, -0.2) is 27.2 Å². The predicted octanol–water partition coefficient (Wildman–Crippen LogP) is 3.71. The van der Waals surface area contributed by atoms with E-state index in [0.717, 1.165) is 14.8 Å². The van der Waals surface area contributed by atoms with Gasteiger partial charge in [0, 0.05) is 21.9 Å². The molecule has 122 valence electrons. The number of benzene rings is 2. The smallest absolute Gasteiger partial charge is 0.256 e. The minimum absolute atomic E-state index is 0.209. The van der Waals surface area contributed by atoms with Crippen molar-refractivity contribution in [3.63, 3.8) is 0 Å². The Balaban J connectivity index is 2.31. The second kappa shape index (κ2) is 8.16. The molecule has 5 nitrogen and oxygen atoms in total. The summed E-state index contributed by atoms with van der Waals surface area (Å²) in [4.78, 5) is 12.6. The molecule has 0 unspecified atom stereocenters. The van der Waals surface area contributed by atoms with Gasteiger partial charge in [0.15, 0.2) is 11.5 Å². The first-order valence-electron chi connectivity index (χ1n) is 6.90. The zero-order valence-corrected chi connectivity index (χ0v) is 15.3. The van der Waals surface area contributed by atoms with E-state index in [2.05, 4.69) is 27.9 Å². The van der Waals surface area contributed by atoms with E-state index in [9.17, 15) is 4.79 Å². The van der Waals surface area contributed by atoms with Crippen LogP contribution in [0.15, 0.2) is 36.4 Å². The average Bonchev–Trinajstić information content (AvgIpc) is 2.56. The van der Waals surface area contributed by atoms with Crippen molar-refractivity contribution < 1.29 is 19.0 Å². The van der Waals surface area contributed by atoms with Gasteiger partial charge in [-0.3, -0.25) is 4.79 Å². The lowest BCUT2D eigenvalue weighted by Crippen LogP contribution is -2.15. The third-order valence-electron chi connectivity index (χ3n) is 3.28. The third kappa shape index (κ3) is 4.14. The van der Waals surface area contributed by atoms with Gasteiger partial charge in [-0.15, -0.1) is 0 Å². The molecule has 2 aromatic rings. The van der Waals surface area contributed by atoms with Gasteiger partial charge in [-0.1, -0.05) is 18.2 Å². The standard InChI is InChI=1S/C17H18INO4/c1-21-10-11-6-4-5-7-14(11)19-17(20)12-8-15(22-2)16(23-3)9-13(12)18/h4-9H,10H2,1-3H3,(H,19,20). The molecule has 0 radical (unpaired) electrons. The Kier molecular flexibility index (Phi) is 6.23. The van der Waals surface area contributed by atoms with Crippen LogP contribution < -0.4 is 14.8 Å². The van der Waals surface area contributed by atoms with Gasteiger partial charge in [-0.05, 0) is 40.8 Å². The summed E-state index contributed by atoms with van der Waals surface area (Å²) in [6.07, 6.45) is 0. The molecular formula is C17H18INO4. The topological polar surface area (TPSA) is 56.8 Å². The molecule has 2 rings (SSSR count). The fourth-order valence-electron chi connectivity index (χ4n) is 2.14. The first kappa shape index (κ1) is 17.6. The van der Waals surface area contributed by atoms with Gasteiger partial charge in [-0.25, -0.2) is 0 Å². The molecule has 0 bridgehead atoms. The summed E-state index contributed by atoms with van der Waals surface area (Å²) in [5.74, 6) is 0.899. The number of nitrogens with one attached hydrogen (secondary N) is 1. The van der Waals surface area contributed by atoms with Crippen molar-refractivity contribution >= 4 is 34.2 Å². The number of para-hydroxylation sites is 1. The summed E-state index contributed by atoms with van der Waals surface area (Å²) in [7, 11) is 4.73. The molecule has 6 heteroatoms. The summed E-state index contributed by atoms with van der Waals surface area (Å²) in [5, 5.41) is 2.92. The quantitative estimate of drug-likeness (QED) is 0.715. The van der Waals surface area contributed by atoms with Crippen LogP contribution in [-0.2, 0) is 11.3 Å². The van der Waals surface area contributed by atoms with E-state index in [1.54, 1.807) is 33.5 Å². The van der Waals surface area contributed by atoms with Gasteiger partial charge >= 0.3 is 0 Å². The molecule has 0 aliphatic rings. The minimum Gasteiger partial charge on any atom is -0.493 e. The number of carbonyl (C=O) groups excluding carboxylic acids is 1. The number of amides is 1. The zero-order valence-electron chi connectivity index (χ0n) is 13.2. The number of carbonyl (C=O) groups is 1. The van der Waals surface area contributed by atoms with Crippen molar-refractivity contribution in [2.75, 3.05) is 26.6 Å². The molecular weight excluding hydrogens is 409 g/mol. The lowest BCUT2D eigenvalue weighted by Gasteiger charge is -2.14. The molecule has 23 heavy (non-hydrogen) atoms. The van der Waals surface area contributed by atoms with Crippen LogP contribution in [0.5, 0.6) is 11.5 Å². The Morgan fingerprint density at radius 1 is 1.09 bits per heavy atom. The molecule has 0 fully saturated rings. The Bertz CT molecular complexity index is 703. The van der Waals surface area contributed by atoms with Gasteiger partial charge in [0.1, 0.15) is 0 Å². The van der Waals surface area contributed by atoms with E-state index in [1.807, 2.05) is 24.3 Å². The highest BCUT2D eigenvalue weighted by Crippen LogP contribution is 2.31. The number of halogens is 1. The van der Waals surface area contributed by atoms with Crippen molar-refractivity contribution in [3.05, 3.63) is 51.1 Å². The number of hydrogen-bond donors (Lipinski definition) is 1. The molecule has 0 saturated carbocycles. The monoisotopic (exact) mass is 427 g/mol. The van der Waals surface area contributed by atoms with Crippen LogP contribution in [0.25, 0.3) is 0 Å². The summed E-state index contributed by atoms with van der Waals surface area (Å²) >= 11 is 2.10. The molecule has 1 N–H and O–H groups in total. The summed E-state index contributed by atoms with van der Waals surface area (Å²) in [5.41, 5.74) is 2.17. The molecule has 0 aliphatic carbocycles. The molecule has 0 saturated heterocycles. The second-order valence-electron chi connectivity index (χ2n) is 4.73. The van der Waals surface area contributed by atoms with Crippen LogP contribution >= 0.6 is 22.6 Å². The highest BCUT2D eigenvalue weighted by molar-refractivity contribution is 14.1. The van der Waals surface area contributed by atoms with Gasteiger partial charge in [0.05, 0.1) is 26.4 Å². The third-order valence-corrected chi connectivity index (χ3v) is 4.18. The van der Waals surface area contributed by atoms with E-state index in [1.165, 1.54) is 0 Å². The number of anilines is 1. The van der Waals surface area contributed by atoms with Gasteiger partial charge < -0.3 is 19.5 Å². The van der Waals surface area contributed by atoms with Crippen molar-refractivity contribution in [3.8, 4) is 11.5 Å². The Morgan fingerprint density at radius 3 is 2.39 bits per heavy atom. The van der Waals surface area contributed by atoms with Crippen LogP contribution in [0.3, 0.4) is 0 Å². The Labute approximate surface area is 149 Å². The highest BCUT2D eigenvalue weighted by atomic mass is 127. The van der Waals surface area contributed by atoms with Gasteiger partial charge in [0.25, 0.3) is 5.91 Å². The zero-order chi connectivity index (χ0) is 16.8. The second-order valence-corrected chi connectivity index (χ2v) is 5.89. The average molecular weight is 427 g/mol. The fraction of sp³-hybridized carbons (Fsp3) is 0.235. The fourth-order valence-corrected chi connectivity index (χ4v) is 2.82. The van der Waals surface area contributed by atoms with Crippen LogP contribution in [0.4, 0.5) is 5.69 Å². The van der Waals surface area contributed by atoms with Gasteiger partial charge in [-0.2, -0.15) is 0 Å². The van der Waals surface area contributed by atoms with Crippen molar-refractivity contribution in [1.82, 2.24) is 0 Å². The van der Waals surface area contributed by atoms with Crippen LogP contribution in [0.1, 0.15) is 15.9 Å². The van der Waals surface area contributed by atoms with E-state index in [4.69, 9.17) is 14.2 Å². The first-order chi connectivity index (χ1) is 11.1. The van der Waals surface area contributed by atoms with Crippen molar-refractivity contribution in [2.45, 2.75) is 6.61 Å². The first-order valence-corrected chi connectivity index (χ1v) is 7.98. The Hall–Kier alpha value is -1.80. The number of methoxy groups -OCH3 is 3. The SMILES string of the molecule is COCc1ccccc1NC(=O)c1cc(OC)c(OC)cc1I. The molecule has 1 amide bonds.